The summed E-state index contributed by atoms with van der Waals surface area (Å²) in [5, 5.41) is 3.01. The van der Waals surface area contributed by atoms with Crippen LogP contribution in [0.25, 0.3) is 53.9 Å². The Hall–Kier alpha value is -3.87. The minimum absolute atomic E-state index is 0. The van der Waals surface area contributed by atoms with Gasteiger partial charge in [0.2, 0.25) is 0 Å². The van der Waals surface area contributed by atoms with Gasteiger partial charge < -0.3 is 9.97 Å². The Labute approximate surface area is 330 Å². The van der Waals surface area contributed by atoms with Gasteiger partial charge in [-0.3, -0.25) is 0 Å². The first kappa shape index (κ1) is 29.7. The van der Waals surface area contributed by atoms with Gasteiger partial charge in [0.25, 0.3) is 0 Å². The normalized spacial score (nSPS) is 14.2. The summed E-state index contributed by atoms with van der Waals surface area (Å²) in [4.78, 5) is 14.0. The average molecular weight is 893 g/mol. The smallest absolute Gasteiger partial charge is 0.147 e. The van der Waals surface area contributed by atoms with Gasteiger partial charge in [-0.25, -0.2) is 9.37 Å². The molecule has 7 heteroatoms. The van der Waals surface area contributed by atoms with Crippen molar-refractivity contribution in [2.75, 3.05) is 0 Å². The van der Waals surface area contributed by atoms with Crippen molar-refractivity contribution in [2.24, 2.45) is 0 Å². The summed E-state index contributed by atoms with van der Waals surface area (Å²) < 4.78 is 69.6. The Bertz CT molecular complexity index is 2600. The van der Waals surface area contributed by atoms with E-state index >= 15 is 0 Å². The molecule has 4 aromatic heterocycles. The molecule has 0 bridgehead atoms. The van der Waals surface area contributed by atoms with Gasteiger partial charge in [0, 0.05) is 47.2 Å². The number of nitrogens with zero attached hydrogens (tertiary/aromatic N) is 3. The summed E-state index contributed by atoms with van der Waals surface area (Å²) in [5.41, 5.74) is 8.68. The first-order valence-electron chi connectivity index (χ1n) is 20.0. The van der Waals surface area contributed by atoms with E-state index in [0.29, 0.717) is 16.1 Å². The molecule has 0 saturated heterocycles. The van der Waals surface area contributed by atoms with E-state index < -0.39 is 27.7 Å². The molecule has 263 valence electrons. The number of hydrogen-bond acceptors (Lipinski definition) is 4. The summed E-state index contributed by atoms with van der Waals surface area (Å²) in [5.74, 6) is -1.09. The van der Waals surface area contributed by atoms with Crippen molar-refractivity contribution in [3.05, 3.63) is 131 Å². The maximum atomic E-state index is 14.9. The third-order valence-corrected chi connectivity index (χ3v) is 11.8. The number of hydrogen-bond donors (Lipinski definition) is 0. The van der Waals surface area contributed by atoms with E-state index in [0.717, 1.165) is 60.1 Å². The van der Waals surface area contributed by atoms with Crippen molar-refractivity contribution < 1.29 is 34.1 Å². The largest absolute Gasteiger partial charge is 0.305 e. The third kappa shape index (κ3) is 8.13. The van der Waals surface area contributed by atoms with E-state index in [2.05, 4.69) is 58.9 Å². The Morgan fingerprint density at radius 3 is 2.24 bits per heavy atom. The van der Waals surface area contributed by atoms with Crippen LogP contribution in [0.5, 0.6) is 0 Å². The van der Waals surface area contributed by atoms with Gasteiger partial charge in [-0.05, 0) is 82.9 Å². The van der Waals surface area contributed by atoms with Crippen LogP contribution in [0.3, 0.4) is 0 Å². The molecule has 4 heterocycles. The molecule has 0 aliphatic heterocycles. The first-order valence-corrected chi connectivity index (χ1v) is 20.8. The molecule has 7 aromatic rings. The van der Waals surface area contributed by atoms with Crippen LogP contribution < -0.4 is 5.19 Å². The number of rotatable bonds is 5. The molecule has 51 heavy (non-hydrogen) atoms. The number of aryl methyl sites for hydroxylation is 5. The molecule has 3 nitrogen and oxygen atoms in total. The van der Waals surface area contributed by atoms with Gasteiger partial charge in [0.1, 0.15) is 10.6 Å². The SMILES string of the molecule is [2H]C([2H])([2H])c1c[c-]c(-c2cc(C([2H])(C)C)c([Si](C)(C)C)cn2)cc1.[2H]C([2H])([2H])c1ccc2c(n1)sc1c(-c3cc(-c4c(C)cc(C)cc4C)c(F)cn3)[c-]ccc12.[Ir]. The maximum absolute atomic E-state index is 14.9. The van der Waals surface area contributed by atoms with E-state index in [1.54, 1.807) is 30.3 Å². The zero-order valence-corrected chi connectivity index (χ0v) is 34.2. The molecule has 1 radical (unpaired) electrons. The van der Waals surface area contributed by atoms with Crippen LogP contribution in [0.2, 0.25) is 19.6 Å². The molecule has 0 spiro atoms. The van der Waals surface area contributed by atoms with E-state index in [-0.39, 0.29) is 37.2 Å². The fraction of sp³-hybridized carbons (Fsp3) is 0.250. The summed E-state index contributed by atoms with van der Waals surface area (Å²) in [7, 11) is -1.61. The molecule has 0 aliphatic rings. The molecule has 0 fully saturated rings. The Morgan fingerprint density at radius 1 is 0.843 bits per heavy atom. The van der Waals surface area contributed by atoms with Gasteiger partial charge in [-0.15, -0.1) is 59.2 Å². The summed E-state index contributed by atoms with van der Waals surface area (Å²) >= 11 is 1.40. The predicted molar refractivity (Wildman–Crippen MR) is 214 cm³/mol. The number of thiophene rings is 1. The van der Waals surface area contributed by atoms with Crippen LogP contribution in [0.1, 0.15) is 62.8 Å². The van der Waals surface area contributed by atoms with Crippen molar-refractivity contribution in [1.82, 2.24) is 15.0 Å². The van der Waals surface area contributed by atoms with Gasteiger partial charge in [0.15, 0.2) is 0 Å². The van der Waals surface area contributed by atoms with Crippen LogP contribution in [0.4, 0.5) is 4.39 Å². The fourth-order valence-electron chi connectivity index (χ4n) is 6.38. The number of benzene rings is 3. The summed E-state index contributed by atoms with van der Waals surface area (Å²) in [6.45, 7) is 12.1. The molecule has 3 aromatic carbocycles. The molecular weight excluding hydrogens is 842 g/mol. The molecule has 0 saturated carbocycles. The molecule has 0 N–H and O–H groups in total. The number of halogens is 1. The van der Waals surface area contributed by atoms with E-state index in [4.69, 9.17) is 9.60 Å². The number of aromatic nitrogens is 3. The molecule has 7 rings (SSSR count). The fourth-order valence-corrected chi connectivity index (χ4v) is 9.14. The summed E-state index contributed by atoms with van der Waals surface area (Å²) in [6, 6.07) is 26.1. The van der Waals surface area contributed by atoms with E-state index in [1.807, 2.05) is 59.0 Å². The Kier molecular flexibility index (Phi) is 8.95. The van der Waals surface area contributed by atoms with Gasteiger partial charge in [-0.1, -0.05) is 87.2 Å². The van der Waals surface area contributed by atoms with Crippen LogP contribution in [0, 0.1) is 52.4 Å². The zero-order valence-electron chi connectivity index (χ0n) is 37.0. The van der Waals surface area contributed by atoms with E-state index in [1.165, 1.54) is 28.8 Å². The standard InChI is InChI=1S/C26H20FN2S.C18H24NSi.Ir/c1-14-10-15(2)24(16(3)11-14)21-12-23(28-13-22(21)27)20-7-5-6-18-19-9-8-17(4)29-26(19)30-25(18)20;1-13(2)16-11-17(15-9-7-14(3)8-10-15)19-12-18(16)20(4,5)6;/h5-6,8-13H,1-4H3;7-9,11-13H,1-6H3;/q2*-1;/i4D3;3D3,13D;. The predicted octanol–water partition coefficient (Wildman–Crippen LogP) is 11.9. The van der Waals surface area contributed by atoms with Crippen molar-refractivity contribution in [1.29, 1.82) is 0 Å². The van der Waals surface area contributed by atoms with Crippen LogP contribution >= 0.6 is 11.3 Å². The topological polar surface area (TPSA) is 38.7 Å². The van der Waals surface area contributed by atoms with Crippen LogP contribution in [0.15, 0.2) is 79.1 Å². The van der Waals surface area contributed by atoms with Gasteiger partial charge >= 0.3 is 0 Å². The number of pyridine rings is 3. The van der Waals surface area contributed by atoms with Crippen molar-refractivity contribution in [2.45, 2.75) is 73.9 Å². The third-order valence-electron chi connectivity index (χ3n) is 8.70. The Balaban J connectivity index is 0.000000229. The van der Waals surface area contributed by atoms with Crippen molar-refractivity contribution in [3.8, 4) is 33.6 Å². The Morgan fingerprint density at radius 2 is 1.59 bits per heavy atom. The van der Waals surface area contributed by atoms with Crippen molar-refractivity contribution >= 4 is 44.9 Å². The zero-order chi connectivity index (χ0) is 41.8. The monoisotopic (exact) mass is 893 g/mol. The minimum atomic E-state index is -2.27. The van der Waals surface area contributed by atoms with Crippen LogP contribution in [-0.4, -0.2) is 23.0 Å². The molecule has 0 unspecified atom stereocenters. The average Bonchev–Trinajstić information content (AvgIpc) is 3.49. The van der Waals surface area contributed by atoms with Crippen molar-refractivity contribution in [3.63, 3.8) is 0 Å². The van der Waals surface area contributed by atoms with E-state index in [9.17, 15) is 4.39 Å². The second-order valence-electron chi connectivity index (χ2n) is 13.9. The second-order valence-corrected chi connectivity index (χ2v) is 20.0. The number of fused-ring (bicyclic) bond motifs is 3. The molecule has 0 aliphatic carbocycles. The minimum Gasteiger partial charge on any atom is -0.305 e. The van der Waals surface area contributed by atoms with Gasteiger partial charge in [-0.2, -0.15) is 11.3 Å². The molecular formula is C44H44FIrN3SSi-2. The first-order chi connectivity index (χ1) is 26.4. The molecule has 0 amide bonds. The molecule has 0 atom stereocenters. The second kappa shape index (κ2) is 15.4. The van der Waals surface area contributed by atoms with Crippen LogP contribution in [-0.2, 0) is 20.1 Å². The quantitative estimate of drug-likeness (QED) is 0.128. The summed E-state index contributed by atoms with van der Waals surface area (Å²) in [6.07, 6.45) is 3.15. The van der Waals surface area contributed by atoms with Gasteiger partial charge in [0.05, 0.1) is 14.3 Å². The maximum Gasteiger partial charge on any atom is 0.147 e.